The second-order valence-electron chi connectivity index (χ2n) is 17.7. The molecule has 0 fully saturated rings. The van der Waals surface area contributed by atoms with Gasteiger partial charge in [-0.15, -0.1) is 0 Å². The van der Waals surface area contributed by atoms with E-state index in [1.165, 1.54) is 65.7 Å². The molecule has 0 aliphatic heterocycles. The van der Waals surface area contributed by atoms with Crippen LogP contribution in [0, 0.1) is 55.4 Å². The first kappa shape index (κ1) is 57.1. The monoisotopic (exact) mass is 1140 g/mol. The van der Waals surface area contributed by atoms with E-state index in [4.69, 9.17) is 59.8 Å². The van der Waals surface area contributed by atoms with Crippen LogP contribution in [-0.4, -0.2) is 38.4 Å². The van der Waals surface area contributed by atoms with Crippen molar-refractivity contribution in [2.24, 2.45) is 11.5 Å². The number of pyridine rings is 2. The van der Waals surface area contributed by atoms with E-state index >= 15 is 0 Å². The average molecular weight is 1140 g/mol. The van der Waals surface area contributed by atoms with Crippen LogP contribution in [0.25, 0.3) is 11.1 Å². The standard InChI is InChI=1S/C46H50N2O4P2.C14H16N2.2ClH.Ru/c1-27-17-13-18-28(2)41(27)53(42-29(3)19-14-20-30(42)4)35-25-37(49-9)47-45(51-11)39(35)40-36(26-38(50-10)48-46(40)52-12)54(43-31(5)21-15-22-32(43)6)44-33(7)23-16-24-34(44)8;15-13(11-7-3-1-4-8-11)14(16)12-9-5-2-6-10-12;;;/h13-26H,1-12H3;1-10,13-14H,15-16H2;2*1H;/q;;;;+4/p-2. The molecule has 0 radical (unpaired) electrons. The molecule has 0 spiro atoms. The number of halogens is 2. The Morgan fingerprint density at radius 2 is 0.644 bits per heavy atom. The molecule has 8 rings (SSSR count). The van der Waals surface area contributed by atoms with Crippen molar-refractivity contribution in [2.75, 3.05) is 28.4 Å². The zero-order valence-corrected chi connectivity index (χ0v) is 48.7. The molecule has 0 aliphatic carbocycles. The molecule has 0 saturated carbocycles. The molecule has 0 saturated heterocycles. The molecular formula is C60H66Cl2N4O4P2Ru+2. The van der Waals surface area contributed by atoms with Crippen LogP contribution in [-0.2, 0) is 15.1 Å². The third-order valence-corrected chi connectivity index (χ3v) is 19.1. The van der Waals surface area contributed by atoms with E-state index in [2.05, 4.69) is 140 Å². The van der Waals surface area contributed by atoms with Gasteiger partial charge in [0.1, 0.15) is 0 Å². The molecule has 0 amide bonds. The Balaban J connectivity index is 0.000000382. The van der Waals surface area contributed by atoms with Crippen molar-refractivity contribution in [1.29, 1.82) is 0 Å². The number of ether oxygens (including phenoxy) is 4. The Labute approximate surface area is 451 Å². The molecule has 6 aromatic carbocycles. The van der Waals surface area contributed by atoms with Gasteiger partial charge in [-0.3, -0.25) is 0 Å². The van der Waals surface area contributed by atoms with E-state index in [0.717, 1.165) is 32.9 Å². The van der Waals surface area contributed by atoms with Crippen molar-refractivity contribution in [3.05, 3.63) is 201 Å². The molecule has 380 valence electrons. The topological polar surface area (TPSA) is 115 Å². The first-order valence-corrected chi connectivity index (χ1v) is 30.9. The summed E-state index contributed by atoms with van der Waals surface area (Å²) in [4.78, 5) is 10.00. The summed E-state index contributed by atoms with van der Waals surface area (Å²) in [6.07, 6.45) is 0. The Bertz CT molecular complexity index is 2740. The summed E-state index contributed by atoms with van der Waals surface area (Å²) >= 11 is -0.346. The minimum absolute atomic E-state index is 0.163. The molecule has 73 heavy (non-hydrogen) atoms. The zero-order chi connectivity index (χ0) is 52.9. The van der Waals surface area contributed by atoms with Gasteiger partial charge in [0, 0.05) is 34.8 Å². The Morgan fingerprint density at radius 1 is 0.397 bits per heavy atom. The molecule has 2 unspecified atom stereocenters. The van der Waals surface area contributed by atoms with Gasteiger partial charge < -0.3 is 30.4 Å². The molecule has 13 heteroatoms. The van der Waals surface area contributed by atoms with Gasteiger partial charge in [0.2, 0.25) is 23.5 Å². The summed E-state index contributed by atoms with van der Waals surface area (Å²) in [7, 11) is 13.9. The van der Waals surface area contributed by atoms with Crippen LogP contribution in [0.15, 0.2) is 146 Å². The fraction of sp³-hybridized carbons (Fsp3) is 0.233. The van der Waals surface area contributed by atoms with Crippen molar-refractivity contribution in [1.82, 2.24) is 9.97 Å². The Morgan fingerprint density at radius 3 is 0.863 bits per heavy atom. The number of methoxy groups -OCH3 is 4. The van der Waals surface area contributed by atoms with Crippen LogP contribution in [0.5, 0.6) is 23.5 Å². The van der Waals surface area contributed by atoms with Gasteiger partial charge in [0.15, 0.2) is 0 Å². The van der Waals surface area contributed by atoms with E-state index in [-0.39, 0.29) is 27.2 Å². The maximum absolute atomic E-state index is 6.33. The molecule has 0 aliphatic rings. The summed E-state index contributed by atoms with van der Waals surface area (Å²) in [6, 6.07) is 50.0. The van der Waals surface area contributed by atoms with Crippen LogP contribution in [0.2, 0.25) is 0 Å². The third-order valence-electron chi connectivity index (χ3n) is 12.8. The van der Waals surface area contributed by atoms with Crippen molar-refractivity contribution >= 4 is 67.1 Å². The van der Waals surface area contributed by atoms with Gasteiger partial charge in [-0.05, 0) is 148 Å². The molecule has 8 aromatic rings. The fourth-order valence-electron chi connectivity index (χ4n) is 9.41. The van der Waals surface area contributed by atoms with E-state index in [1.54, 1.807) is 28.4 Å². The number of nitrogens with two attached hydrogens (primary N) is 2. The van der Waals surface area contributed by atoms with Gasteiger partial charge in [-0.2, -0.15) is 9.97 Å². The van der Waals surface area contributed by atoms with Gasteiger partial charge >= 0.3 is 34.5 Å². The molecule has 8 nitrogen and oxygen atoms in total. The summed E-state index contributed by atoms with van der Waals surface area (Å²) < 4.78 is 24.6. The number of aryl methyl sites for hydroxylation is 8. The zero-order valence-electron chi connectivity index (χ0n) is 43.7. The molecule has 4 N–H and O–H groups in total. The summed E-state index contributed by atoms with van der Waals surface area (Å²) in [5.41, 5.74) is 25.9. The maximum atomic E-state index is 6.33. The predicted molar refractivity (Wildman–Crippen MR) is 307 cm³/mol. The average Bonchev–Trinajstić information content (AvgIpc) is 3.39. The number of hydrogen-bond donors (Lipinski definition) is 2. The van der Waals surface area contributed by atoms with Crippen LogP contribution in [0.3, 0.4) is 0 Å². The summed E-state index contributed by atoms with van der Waals surface area (Å²) in [5, 5.41) is 7.25. The van der Waals surface area contributed by atoms with Gasteiger partial charge in [-0.1, -0.05) is 133 Å². The first-order valence-electron chi connectivity index (χ1n) is 23.7. The normalized spacial score (nSPS) is 11.8. The number of hydrogen-bond acceptors (Lipinski definition) is 8. The van der Waals surface area contributed by atoms with Crippen molar-refractivity contribution < 1.29 is 34.1 Å². The van der Waals surface area contributed by atoms with E-state index < -0.39 is 15.8 Å². The van der Waals surface area contributed by atoms with Gasteiger partial charge in [-0.25, -0.2) is 0 Å². The van der Waals surface area contributed by atoms with Crippen molar-refractivity contribution in [3.8, 4) is 34.6 Å². The van der Waals surface area contributed by atoms with E-state index in [9.17, 15) is 0 Å². The van der Waals surface area contributed by atoms with Crippen molar-refractivity contribution in [3.63, 3.8) is 0 Å². The van der Waals surface area contributed by atoms with Crippen LogP contribution >= 0.6 is 35.2 Å². The molecule has 2 aromatic heterocycles. The van der Waals surface area contributed by atoms with Gasteiger partial charge in [0.05, 0.1) is 39.6 Å². The number of nitrogens with zero attached hydrogens (tertiary/aromatic N) is 2. The summed E-state index contributed by atoms with van der Waals surface area (Å²) in [5.74, 6) is 1.84. The predicted octanol–water partition coefficient (Wildman–Crippen LogP) is 11.9. The Hall–Kier alpha value is -5.20. The van der Waals surface area contributed by atoms with E-state index in [0.29, 0.717) is 23.5 Å². The SMILES string of the molecule is COc1cc(P(c2c(C)cccc2C)c2c(C)cccc2C)c(-c2c(P(c3c(C)cccc3C)c3c(C)cccc3C)cc(OC)nc2OC)c(OC)n1.NC(c1ccccc1)C(N)c1ccccc1.[Cl][Ru+2][Cl]. The molecule has 0 bridgehead atoms. The van der Waals surface area contributed by atoms with Crippen LogP contribution in [0.1, 0.15) is 67.7 Å². The van der Waals surface area contributed by atoms with Gasteiger partial charge in [0.25, 0.3) is 0 Å². The third kappa shape index (κ3) is 13.0. The van der Waals surface area contributed by atoms with E-state index in [1.807, 2.05) is 60.7 Å². The fourth-order valence-corrected chi connectivity index (χ4v) is 15.6. The first-order chi connectivity index (χ1) is 35.1. The minimum atomic E-state index is -1.22. The second kappa shape index (κ2) is 26.8. The molecule has 2 heterocycles. The van der Waals surface area contributed by atoms with Crippen LogP contribution < -0.4 is 62.2 Å². The second-order valence-corrected chi connectivity index (χ2v) is 24.4. The van der Waals surface area contributed by atoms with Crippen molar-refractivity contribution in [2.45, 2.75) is 67.5 Å². The molecular weight excluding hydrogens is 1070 g/mol. The Kier molecular flexibility index (Phi) is 21.0. The molecule has 2 atom stereocenters. The number of rotatable bonds is 14. The quantitative estimate of drug-likeness (QED) is 0.0817. The number of aromatic nitrogens is 2. The summed E-state index contributed by atoms with van der Waals surface area (Å²) in [6.45, 7) is 17.7. The van der Waals surface area contributed by atoms with Crippen LogP contribution in [0.4, 0.5) is 0 Å². The number of benzene rings is 6.